The Kier molecular flexibility index (Phi) is 6.44. The molecule has 0 radical (unpaired) electrons. The van der Waals surface area contributed by atoms with Crippen molar-refractivity contribution in [2.75, 3.05) is 13.7 Å². The summed E-state index contributed by atoms with van der Waals surface area (Å²) < 4.78 is 50.1. The highest BCUT2D eigenvalue weighted by Gasteiger charge is 2.38. The fourth-order valence-electron chi connectivity index (χ4n) is 1.95. The number of benzene rings is 1. The maximum absolute atomic E-state index is 13.3. The summed E-state index contributed by atoms with van der Waals surface area (Å²) in [6.45, 7) is 1.83. The van der Waals surface area contributed by atoms with Crippen LogP contribution in [0.15, 0.2) is 18.2 Å². The largest absolute Gasteiger partial charge is 0.417 e. The van der Waals surface area contributed by atoms with Gasteiger partial charge in [0.2, 0.25) is 5.91 Å². The number of halogens is 4. The molecule has 1 aromatic carbocycles. The lowest BCUT2D eigenvalue weighted by molar-refractivity contribution is -0.152. The molecule has 0 aliphatic heterocycles. The topological polar surface area (TPSA) is 47.6 Å². The first kappa shape index (κ1) is 17.7. The van der Waals surface area contributed by atoms with Crippen molar-refractivity contribution in [3.63, 3.8) is 0 Å². The summed E-state index contributed by atoms with van der Waals surface area (Å²) in [4.78, 5) is 13.0. The van der Waals surface area contributed by atoms with Crippen molar-refractivity contribution >= 4 is 17.7 Å². The summed E-state index contributed by atoms with van der Waals surface area (Å²) >= 11 is 5.12. The van der Waals surface area contributed by atoms with Crippen LogP contribution in [0.3, 0.4) is 0 Å². The smallest absolute Gasteiger partial charge is 0.352 e. The Morgan fingerprint density at radius 3 is 2.57 bits per heavy atom. The van der Waals surface area contributed by atoms with Gasteiger partial charge in [0.25, 0.3) is 0 Å². The molecular weight excluding hydrogens is 311 g/mol. The predicted molar refractivity (Wildman–Crippen MR) is 70.5 cm³/mol. The molecule has 118 valence electrons. The van der Waals surface area contributed by atoms with Crippen molar-refractivity contribution in [3.05, 3.63) is 34.9 Å². The van der Waals surface area contributed by atoms with Crippen molar-refractivity contribution in [2.45, 2.75) is 25.8 Å². The molecular formula is C13H15ClF3NO3. The van der Waals surface area contributed by atoms with Crippen LogP contribution in [0.25, 0.3) is 0 Å². The van der Waals surface area contributed by atoms with Crippen molar-refractivity contribution in [1.29, 1.82) is 0 Å². The van der Waals surface area contributed by atoms with Crippen LogP contribution in [-0.2, 0) is 26.9 Å². The van der Waals surface area contributed by atoms with Gasteiger partial charge in [-0.2, -0.15) is 13.2 Å². The molecule has 0 saturated carbocycles. The van der Waals surface area contributed by atoms with E-state index in [1.54, 1.807) is 11.8 Å². The highest BCUT2D eigenvalue weighted by atomic mass is 35.5. The van der Waals surface area contributed by atoms with Crippen LogP contribution >= 0.6 is 11.8 Å². The molecule has 0 spiro atoms. The molecule has 0 aliphatic carbocycles. The van der Waals surface area contributed by atoms with E-state index in [2.05, 4.69) is 0 Å². The summed E-state index contributed by atoms with van der Waals surface area (Å²) in [6, 6.07) is 3.89. The molecule has 1 atom stereocenters. The summed E-state index contributed by atoms with van der Waals surface area (Å²) in [5.74, 6) is -0.732. The van der Waals surface area contributed by atoms with Crippen LogP contribution in [0.1, 0.15) is 29.9 Å². The number of carbonyl (C=O) groups excluding carboxylic acids is 1. The van der Waals surface area contributed by atoms with E-state index in [-0.39, 0.29) is 17.7 Å². The van der Waals surface area contributed by atoms with Crippen molar-refractivity contribution in [1.82, 2.24) is 4.84 Å². The molecule has 0 bridgehead atoms. The molecule has 8 heteroatoms. The summed E-state index contributed by atoms with van der Waals surface area (Å²) in [7, 11) is 1.25. The van der Waals surface area contributed by atoms with Gasteiger partial charge in [0.1, 0.15) is 0 Å². The number of nitrogens with one attached hydrogen (secondary N) is 1. The average Bonchev–Trinajstić information content (AvgIpc) is 2.43. The van der Waals surface area contributed by atoms with Gasteiger partial charge in [-0.05, 0) is 12.5 Å². The molecule has 0 aromatic heterocycles. The molecule has 1 rings (SSSR count). The minimum atomic E-state index is -4.65. The molecule has 1 amide bonds. The van der Waals surface area contributed by atoms with Crippen LogP contribution in [0.2, 0.25) is 0 Å². The first-order chi connectivity index (χ1) is 9.85. The number of hydrogen-bond donors (Lipinski definition) is 1. The maximum atomic E-state index is 13.3. The number of carbonyl (C=O) groups is 1. The Bertz CT molecular complexity index is 494. The zero-order valence-electron chi connectivity index (χ0n) is 11.5. The number of ether oxygens (including phenoxy) is 2. The second-order valence-electron chi connectivity index (χ2n) is 4.10. The normalized spacial score (nSPS) is 13.0. The van der Waals surface area contributed by atoms with Crippen LogP contribution in [0.5, 0.6) is 0 Å². The lowest BCUT2D eigenvalue weighted by Crippen LogP contribution is -2.22. The van der Waals surface area contributed by atoms with Gasteiger partial charge in [0.15, 0.2) is 6.29 Å². The van der Waals surface area contributed by atoms with Gasteiger partial charge in [0, 0.05) is 31.1 Å². The Hall–Kier alpha value is -1.31. The number of amides is 1. The monoisotopic (exact) mass is 325 g/mol. The first-order valence-corrected chi connectivity index (χ1v) is 6.45. The molecule has 0 saturated heterocycles. The average molecular weight is 326 g/mol. The molecule has 21 heavy (non-hydrogen) atoms. The fourth-order valence-corrected chi connectivity index (χ4v) is 2.02. The van der Waals surface area contributed by atoms with Gasteiger partial charge in [-0.3, -0.25) is 9.63 Å². The Labute approximate surface area is 125 Å². The predicted octanol–water partition coefficient (Wildman–Crippen LogP) is 3.20. The Balaban J connectivity index is 3.36. The van der Waals surface area contributed by atoms with Crippen molar-refractivity contribution in [2.24, 2.45) is 0 Å². The van der Waals surface area contributed by atoms with E-state index in [9.17, 15) is 18.0 Å². The van der Waals surface area contributed by atoms with Crippen LogP contribution in [0.4, 0.5) is 13.2 Å². The second-order valence-corrected chi connectivity index (χ2v) is 4.29. The van der Waals surface area contributed by atoms with Gasteiger partial charge < -0.3 is 9.47 Å². The number of alkyl halides is 3. The minimum absolute atomic E-state index is 0.174. The van der Waals surface area contributed by atoms with Crippen LogP contribution in [-0.4, -0.2) is 19.6 Å². The number of rotatable bonds is 6. The van der Waals surface area contributed by atoms with E-state index in [1.807, 2.05) is 0 Å². The van der Waals surface area contributed by atoms with E-state index in [1.165, 1.54) is 25.3 Å². The van der Waals surface area contributed by atoms with Crippen molar-refractivity contribution in [3.8, 4) is 0 Å². The third-order valence-electron chi connectivity index (χ3n) is 2.71. The maximum Gasteiger partial charge on any atom is 0.417 e. The van der Waals surface area contributed by atoms with Gasteiger partial charge in [-0.1, -0.05) is 18.2 Å². The summed E-state index contributed by atoms with van der Waals surface area (Å²) in [6.07, 6.45) is -6.30. The Morgan fingerprint density at radius 2 is 2.10 bits per heavy atom. The Morgan fingerprint density at radius 1 is 1.43 bits per heavy atom. The zero-order chi connectivity index (χ0) is 16.0. The minimum Gasteiger partial charge on any atom is -0.352 e. The van der Waals surface area contributed by atoms with Gasteiger partial charge >= 0.3 is 6.18 Å². The SMILES string of the molecule is CCOC(OC)c1cccc(CC(=O)NCl)c1C(F)(F)F. The van der Waals surface area contributed by atoms with Crippen LogP contribution < -0.4 is 4.84 Å². The quantitative estimate of drug-likeness (QED) is 0.645. The van der Waals surface area contributed by atoms with Gasteiger partial charge in [-0.25, -0.2) is 0 Å². The standard InChI is InChI=1S/C13H15ClF3NO3/c1-3-21-12(20-2)9-6-4-5-8(7-10(19)18-14)11(9)13(15,16)17/h4-6,12H,3,7H2,1-2H3,(H,18,19). The van der Waals surface area contributed by atoms with Gasteiger partial charge in [-0.15, -0.1) is 0 Å². The molecule has 4 nitrogen and oxygen atoms in total. The highest BCUT2D eigenvalue weighted by molar-refractivity contribution is 6.21. The van der Waals surface area contributed by atoms with E-state index >= 15 is 0 Å². The second kappa shape index (κ2) is 7.63. The third-order valence-corrected chi connectivity index (χ3v) is 2.92. The summed E-state index contributed by atoms with van der Waals surface area (Å²) in [5.41, 5.74) is -1.31. The zero-order valence-corrected chi connectivity index (χ0v) is 12.2. The van der Waals surface area contributed by atoms with Gasteiger partial charge in [0.05, 0.1) is 12.0 Å². The number of methoxy groups -OCH3 is 1. The fraction of sp³-hybridized carbons (Fsp3) is 0.462. The lowest BCUT2D eigenvalue weighted by Gasteiger charge is -2.22. The summed E-state index contributed by atoms with van der Waals surface area (Å²) in [5, 5.41) is 0. The van der Waals surface area contributed by atoms with Crippen molar-refractivity contribution < 1.29 is 27.4 Å². The third kappa shape index (κ3) is 4.59. The molecule has 0 aliphatic rings. The highest BCUT2D eigenvalue weighted by Crippen LogP contribution is 2.38. The molecule has 1 aromatic rings. The molecule has 0 fully saturated rings. The first-order valence-electron chi connectivity index (χ1n) is 6.08. The molecule has 1 N–H and O–H groups in total. The lowest BCUT2D eigenvalue weighted by atomic mass is 9.97. The molecule has 0 heterocycles. The van der Waals surface area contributed by atoms with E-state index < -0.39 is 30.4 Å². The van der Waals surface area contributed by atoms with E-state index in [0.29, 0.717) is 0 Å². The number of hydrogen-bond acceptors (Lipinski definition) is 3. The van der Waals surface area contributed by atoms with E-state index in [0.717, 1.165) is 0 Å². The molecule has 1 unspecified atom stereocenters. The van der Waals surface area contributed by atoms with Crippen LogP contribution in [0, 0.1) is 0 Å². The van der Waals surface area contributed by atoms with E-state index in [4.69, 9.17) is 21.3 Å².